The lowest BCUT2D eigenvalue weighted by Gasteiger charge is -2.37. The fourth-order valence-corrected chi connectivity index (χ4v) is 4.45. The normalized spacial score (nSPS) is 13.9. The molecule has 1 amide bonds. The van der Waals surface area contributed by atoms with Crippen LogP contribution in [0.4, 0.5) is 5.69 Å². The van der Waals surface area contributed by atoms with Gasteiger partial charge < -0.3 is 18.5 Å². The van der Waals surface area contributed by atoms with Gasteiger partial charge in [0, 0.05) is 29.3 Å². The lowest BCUT2D eigenvalue weighted by Crippen LogP contribution is -2.53. The Morgan fingerprint density at radius 1 is 1.20 bits per heavy atom. The molecule has 0 radical (unpaired) electrons. The Labute approximate surface area is 203 Å². The van der Waals surface area contributed by atoms with Crippen LogP contribution in [0, 0.1) is 6.92 Å². The number of nitrogens with zero attached hydrogens (tertiary/aromatic N) is 4. The molecule has 4 heterocycles. The molecule has 3 aromatic heterocycles. The highest BCUT2D eigenvalue weighted by molar-refractivity contribution is 6.30. The summed E-state index contributed by atoms with van der Waals surface area (Å²) < 4.78 is 17.7. The number of halogens is 1. The van der Waals surface area contributed by atoms with E-state index in [0.29, 0.717) is 63.1 Å². The van der Waals surface area contributed by atoms with Gasteiger partial charge in [-0.1, -0.05) is 23.7 Å². The first-order chi connectivity index (χ1) is 17.0. The summed E-state index contributed by atoms with van der Waals surface area (Å²) in [5.74, 6) is 0.239. The van der Waals surface area contributed by atoms with E-state index < -0.39 is 5.56 Å². The maximum absolute atomic E-state index is 13.6. The SMILES string of the molecule is Cc1nc2ccc(N(C(=O)Cn3nc(-c4cccc(Cl)c4)c4occc4c3=O)C3COC3)cc2o1. The summed E-state index contributed by atoms with van der Waals surface area (Å²) in [6, 6.07) is 13.9. The van der Waals surface area contributed by atoms with Crippen molar-refractivity contribution in [3.63, 3.8) is 0 Å². The largest absolute Gasteiger partial charge is 0.462 e. The van der Waals surface area contributed by atoms with Crippen molar-refractivity contribution in [3.8, 4) is 11.3 Å². The number of amides is 1. The Balaban J connectivity index is 1.41. The maximum atomic E-state index is 13.6. The average Bonchev–Trinajstić information content (AvgIpc) is 3.43. The number of anilines is 1. The Bertz CT molecular complexity index is 1650. The fraction of sp³-hybridized carbons (Fsp3) is 0.200. The molecule has 1 aliphatic rings. The standard InChI is InChI=1S/C25H19ClN4O5/c1-14-27-20-6-5-17(10-21(20)35-14)30(18-12-33-13-18)22(31)11-29-25(32)19-7-8-34-24(19)23(28-29)15-3-2-4-16(26)9-15/h2-10,18H,11-13H2,1H3. The summed E-state index contributed by atoms with van der Waals surface area (Å²) in [6.45, 7) is 2.30. The fourth-order valence-electron chi connectivity index (χ4n) is 4.26. The summed E-state index contributed by atoms with van der Waals surface area (Å²) >= 11 is 6.17. The molecule has 0 N–H and O–H groups in total. The molecule has 9 nitrogen and oxygen atoms in total. The summed E-state index contributed by atoms with van der Waals surface area (Å²) in [5.41, 5.74) is 2.95. The Kier molecular flexibility index (Phi) is 5.16. The smallest absolute Gasteiger partial charge is 0.278 e. The monoisotopic (exact) mass is 490 g/mol. The van der Waals surface area contributed by atoms with Gasteiger partial charge in [-0.15, -0.1) is 0 Å². The topological polar surface area (TPSA) is 104 Å². The molecule has 176 valence electrons. The first kappa shape index (κ1) is 21.6. The molecule has 0 aliphatic carbocycles. The van der Waals surface area contributed by atoms with Crippen LogP contribution < -0.4 is 10.5 Å². The van der Waals surface area contributed by atoms with Gasteiger partial charge in [-0.2, -0.15) is 5.10 Å². The van der Waals surface area contributed by atoms with E-state index in [9.17, 15) is 9.59 Å². The van der Waals surface area contributed by atoms with Crippen LogP contribution in [-0.4, -0.2) is 39.9 Å². The molecule has 5 aromatic rings. The predicted molar refractivity (Wildman–Crippen MR) is 130 cm³/mol. The number of benzene rings is 2. The predicted octanol–water partition coefficient (Wildman–Crippen LogP) is 4.19. The molecule has 6 rings (SSSR count). The van der Waals surface area contributed by atoms with E-state index in [-0.39, 0.29) is 18.5 Å². The number of hydrogen-bond donors (Lipinski definition) is 0. The molecule has 0 atom stereocenters. The second kappa shape index (κ2) is 8.37. The number of carbonyl (C=O) groups is 1. The van der Waals surface area contributed by atoms with Gasteiger partial charge in [0.2, 0.25) is 5.91 Å². The summed E-state index contributed by atoms with van der Waals surface area (Å²) in [7, 11) is 0. The molecule has 35 heavy (non-hydrogen) atoms. The van der Waals surface area contributed by atoms with Crippen LogP contribution in [0.3, 0.4) is 0 Å². The zero-order chi connectivity index (χ0) is 24.1. The minimum atomic E-state index is -0.418. The second-order valence-electron chi connectivity index (χ2n) is 8.33. The molecule has 1 fully saturated rings. The van der Waals surface area contributed by atoms with Gasteiger partial charge in [-0.05, 0) is 30.3 Å². The molecule has 0 spiro atoms. The first-order valence-electron chi connectivity index (χ1n) is 11.0. The van der Waals surface area contributed by atoms with Crippen LogP contribution >= 0.6 is 11.6 Å². The number of furan rings is 1. The zero-order valence-corrected chi connectivity index (χ0v) is 19.4. The van der Waals surface area contributed by atoms with Crippen LogP contribution in [0.1, 0.15) is 5.89 Å². The molecular formula is C25H19ClN4O5. The van der Waals surface area contributed by atoms with E-state index in [4.69, 9.17) is 25.2 Å². The van der Waals surface area contributed by atoms with Crippen LogP contribution in [0.2, 0.25) is 5.02 Å². The van der Waals surface area contributed by atoms with Gasteiger partial charge >= 0.3 is 0 Å². The average molecular weight is 491 g/mol. The molecule has 2 aromatic carbocycles. The number of hydrogen-bond acceptors (Lipinski definition) is 7. The Morgan fingerprint density at radius 2 is 2.06 bits per heavy atom. The molecule has 0 saturated carbocycles. The quantitative estimate of drug-likeness (QED) is 0.364. The highest BCUT2D eigenvalue weighted by atomic mass is 35.5. The number of carbonyl (C=O) groups excluding carboxylic acids is 1. The van der Waals surface area contributed by atoms with Gasteiger partial charge in [-0.25, -0.2) is 9.67 Å². The van der Waals surface area contributed by atoms with Gasteiger partial charge in [-0.3, -0.25) is 9.59 Å². The minimum absolute atomic E-state index is 0.162. The van der Waals surface area contributed by atoms with E-state index >= 15 is 0 Å². The van der Waals surface area contributed by atoms with Crippen LogP contribution in [0.25, 0.3) is 33.3 Å². The number of ether oxygens (including phenoxy) is 1. The summed E-state index contributed by atoms with van der Waals surface area (Å²) in [4.78, 5) is 32.7. The lowest BCUT2D eigenvalue weighted by molar-refractivity contribution is -0.122. The van der Waals surface area contributed by atoms with Crippen molar-refractivity contribution in [2.45, 2.75) is 19.5 Å². The van der Waals surface area contributed by atoms with Crippen molar-refractivity contribution in [1.82, 2.24) is 14.8 Å². The number of fused-ring (bicyclic) bond motifs is 2. The first-order valence-corrected chi connectivity index (χ1v) is 11.4. The molecule has 1 saturated heterocycles. The van der Waals surface area contributed by atoms with Crippen molar-refractivity contribution in [3.05, 3.63) is 76.1 Å². The molecular weight excluding hydrogens is 472 g/mol. The minimum Gasteiger partial charge on any atom is -0.462 e. The number of aryl methyl sites for hydroxylation is 1. The van der Waals surface area contributed by atoms with E-state index in [1.807, 2.05) is 12.1 Å². The van der Waals surface area contributed by atoms with E-state index in [2.05, 4.69) is 10.1 Å². The molecule has 0 bridgehead atoms. The van der Waals surface area contributed by atoms with Crippen molar-refractivity contribution >= 4 is 45.3 Å². The third-order valence-corrected chi connectivity index (χ3v) is 6.20. The van der Waals surface area contributed by atoms with E-state index in [0.717, 1.165) is 0 Å². The van der Waals surface area contributed by atoms with Crippen molar-refractivity contribution < 1.29 is 18.4 Å². The van der Waals surface area contributed by atoms with E-state index in [1.165, 1.54) is 10.9 Å². The maximum Gasteiger partial charge on any atom is 0.278 e. The highest BCUT2D eigenvalue weighted by Gasteiger charge is 2.32. The Morgan fingerprint density at radius 3 is 2.83 bits per heavy atom. The van der Waals surface area contributed by atoms with Crippen LogP contribution in [-0.2, 0) is 16.1 Å². The summed E-state index contributed by atoms with van der Waals surface area (Å²) in [6.07, 6.45) is 1.43. The van der Waals surface area contributed by atoms with Crippen LogP contribution in [0.15, 0.2) is 68.4 Å². The summed E-state index contributed by atoms with van der Waals surface area (Å²) in [5, 5.41) is 5.35. The highest BCUT2D eigenvalue weighted by Crippen LogP contribution is 2.29. The van der Waals surface area contributed by atoms with Gasteiger partial charge in [0.15, 0.2) is 17.1 Å². The number of oxazole rings is 1. The lowest BCUT2D eigenvalue weighted by atomic mass is 10.1. The van der Waals surface area contributed by atoms with Gasteiger partial charge in [0.1, 0.15) is 17.8 Å². The molecule has 1 aliphatic heterocycles. The third kappa shape index (κ3) is 3.78. The van der Waals surface area contributed by atoms with Crippen LogP contribution in [0.5, 0.6) is 0 Å². The zero-order valence-electron chi connectivity index (χ0n) is 18.6. The second-order valence-corrected chi connectivity index (χ2v) is 8.76. The molecule has 10 heteroatoms. The van der Waals surface area contributed by atoms with Gasteiger partial charge in [0.25, 0.3) is 5.56 Å². The van der Waals surface area contributed by atoms with Crippen molar-refractivity contribution in [2.24, 2.45) is 0 Å². The number of aromatic nitrogens is 3. The van der Waals surface area contributed by atoms with Crippen molar-refractivity contribution in [2.75, 3.05) is 18.1 Å². The van der Waals surface area contributed by atoms with Crippen molar-refractivity contribution in [1.29, 1.82) is 0 Å². The third-order valence-electron chi connectivity index (χ3n) is 5.96. The number of rotatable bonds is 5. The van der Waals surface area contributed by atoms with E-state index in [1.54, 1.807) is 48.2 Å². The van der Waals surface area contributed by atoms with Gasteiger partial charge in [0.05, 0.1) is 30.9 Å². The molecule has 0 unspecified atom stereocenters. The Hall–Kier alpha value is -3.95.